The minimum Gasteiger partial charge on any atom is -0.314 e. The molecular formula is C3H10NP. The zero-order chi connectivity index (χ0) is 4.12. The van der Waals surface area contributed by atoms with E-state index in [4.69, 9.17) is 0 Å². The highest BCUT2D eigenvalue weighted by Crippen LogP contribution is 2.14. The molecule has 0 saturated heterocycles. The molecule has 0 bridgehead atoms. The van der Waals surface area contributed by atoms with Crippen LogP contribution in [0.2, 0.25) is 0 Å². The van der Waals surface area contributed by atoms with Gasteiger partial charge in [-0.1, -0.05) is 28.7 Å². The summed E-state index contributed by atoms with van der Waals surface area (Å²) >= 11 is 0. The van der Waals surface area contributed by atoms with Crippen LogP contribution in [0.1, 0.15) is 19.3 Å². The normalized spacial score (nSPS) is 15.6. The first kappa shape index (κ1) is 5.39. The second-order valence-electron chi connectivity index (χ2n) is 1.06. The third-order valence-electron chi connectivity index (χ3n) is 0.354. The molecule has 5 heavy (non-hydrogen) atoms. The van der Waals surface area contributed by atoms with E-state index < -0.39 is 0 Å². The maximum atomic E-state index is 4.42. The van der Waals surface area contributed by atoms with Crippen LogP contribution in [0.5, 0.6) is 0 Å². The van der Waals surface area contributed by atoms with Gasteiger partial charge < -0.3 is 5.50 Å². The van der Waals surface area contributed by atoms with E-state index in [1.807, 2.05) is 9.39 Å². The minimum atomic E-state index is 1.50. The molecule has 1 fully saturated rings. The maximum absolute atomic E-state index is 4.42. The van der Waals surface area contributed by atoms with Crippen molar-refractivity contribution in [1.82, 2.24) is 0 Å². The molecule has 0 aromatic heterocycles. The van der Waals surface area contributed by atoms with Gasteiger partial charge in [-0.15, -0.1) is 0 Å². The van der Waals surface area contributed by atoms with Gasteiger partial charge in [-0.25, -0.2) is 0 Å². The summed E-state index contributed by atoms with van der Waals surface area (Å²) in [7, 11) is 1.92. The van der Waals surface area contributed by atoms with Crippen molar-refractivity contribution in [3.63, 3.8) is 0 Å². The second-order valence-corrected chi connectivity index (χ2v) is 1.06. The highest BCUT2D eigenvalue weighted by Gasteiger charge is 1.95. The smallest absolute Gasteiger partial charge is 0.0533 e. The number of hydrogen-bond donors (Lipinski definition) is 1. The van der Waals surface area contributed by atoms with Crippen LogP contribution < -0.4 is 5.50 Å². The average molecular weight is 91.1 g/mol. The molecule has 1 aliphatic carbocycles. The van der Waals surface area contributed by atoms with Gasteiger partial charge in [0.1, 0.15) is 0 Å². The summed E-state index contributed by atoms with van der Waals surface area (Å²) in [5, 5.41) is 0. The molecule has 1 nitrogen and oxygen atoms in total. The van der Waals surface area contributed by atoms with Crippen molar-refractivity contribution in [2.24, 2.45) is 5.50 Å². The quantitative estimate of drug-likeness (QED) is 0.440. The lowest BCUT2D eigenvalue weighted by Gasteiger charge is -1.20. The molecule has 0 heterocycles. The third kappa shape index (κ3) is 13.0. The fourth-order valence-corrected chi connectivity index (χ4v) is 0. The molecule has 0 radical (unpaired) electrons. The molecule has 2 heteroatoms. The largest absolute Gasteiger partial charge is 0.314 e. The molecule has 0 aromatic carbocycles. The van der Waals surface area contributed by atoms with Gasteiger partial charge in [-0.3, -0.25) is 0 Å². The van der Waals surface area contributed by atoms with Gasteiger partial charge in [-0.2, -0.15) is 0 Å². The lowest BCUT2D eigenvalue weighted by molar-refractivity contribution is 1.50. The Morgan fingerprint density at radius 3 is 1.20 bits per heavy atom. The first-order valence-corrected chi connectivity index (χ1v) is 2.50. The van der Waals surface area contributed by atoms with Crippen LogP contribution in [0.15, 0.2) is 0 Å². The molecule has 1 rings (SSSR count). The van der Waals surface area contributed by atoms with E-state index >= 15 is 0 Å². The van der Waals surface area contributed by atoms with Crippen LogP contribution in [0, 0.1) is 0 Å². The summed E-state index contributed by atoms with van der Waals surface area (Å²) in [5.41, 5.74) is 4.42. The molecule has 1 saturated carbocycles. The van der Waals surface area contributed by atoms with Gasteiger partial charge in [0.25, 0.3) is 0 Å². The van der Waals surface area contributed by atoms with Crippen molar-refractivity contribution >= 4 is 9.39 Å². The Morgan fingerprint density at radius 1 is 1.00 bits per heavy atom. The Kier molecular flexibility index (Phi) is 4.73. The average Bonchev–Trinajstić information content (AvgIpc) is 2.19. The van der Waals surface area contributed by atoms with E-state index in [1.165, 1.54) is 19.3 Å². The van der Waals surface area contributed by atoms with E-state index in [2.05, 4.69) is 5.50 Å². The molecule has 0 aliphatic heterocycles. The van der Waals surface area contributed by atoms with E-state index in [0.29, 0.717) is 0 Å². The highest BCUT2D eigenvalue weighted by atomic mass is 31.0. The summed E-state index contributed by atoms with van der Waals surface area (Å²) in [6.07, 6.45) is 4.50. The van der Waals surface area contributed by atoms with Gasteiger partial charge in [0, 0.05) is 0 Å². The second kappa shape index (κ2) is 4.39. The maximum Gasteiger partial charge on any atom is -0.0533 e. The van der Waals surface area contributed by atoms with Gasteiger partial charge in [0.15, 0.2) is 0 Å². The lowest BCUT2D eigenvalue weighted by atomic mass is 11.0. The molecule has 2 N–H and O–H groups in total. The van der Waals surface area contributed by atoms with Crippen molar-refractivity contribution in [3.05, 3.63) is 0 Å². The molecule has 1 atom stereocenters. The predicted molar refractivity (Wildman–Crippen MR) is 27.7 cm³/mol. The predicted octanol–water partition coefficient (Wildman–Crippen LogP) is 0.905. The van der Waals surface area contributed by atoms with E-state index in [1.54, 1.807) is 0 Å². The topological polar surface area (TPSA) is 26.0 Å². The van der Waals surface area contributed by atoms with E-state index in [-0.39, 0.29) is 0 Å². The fraction of sp³-hybridized carbons (Fsp3) is 1.00. The van der Waals surface area contributed by atoms with Gasteiger partial charge in [0.2, 0.25) is 0 Å². The molecule has 0 aromatic rings. The first-order chi connectivity index (χ1) is 2.50. The molecule has 1 aliphatic rings. The lowest BCUT2D eigenvalue weighted by Crippen LogP contribution is -1.45. The number of nitrogens with two attached hydrogens (primary N) is 1. The zero-order valence-electron chi connectivity index (χ0n) is 3.28. The van der Waals surface area contributed by atoms with Crippen molar-refractivity contribution in [1.29, 1.82) is 0 Å². The Labute approximate surface area is 35.2 Å². The number of hydrogen-bond acceptors (Lipinski definition) is 1. The zero-order valence-corrected chi connectivity index (χ0v) is 4.43. The number of rotatable bonds is 0. The van der Waals surface area contributed by atoms with Crippen molar-refractivity contribution in [2.75, 3.05) is 0 Å². The fourth-order valence-electron chi connectivity index (χ4n) is 0. The Hall–Kier alpha value is 0.390. The van der Waals surface area contributed by atoms with Crippen LogP contribution in [0.3, 0.4) is 0 Å². The van der Waals surface area contributed by atoms with E-state index in [9.17, 15) is 0 Å². The minimum absolute atomic E-state index is 1.50. The van der Waals surface area contributed by atoms with Crippen LogP contribution in [0.25, 0.3) is 0 Å². The van der Waals surface area contributed by atoms with Gasteiger partial charge >= 0.3 is 0 Å². The van der Waals surface area contributed by atoms with Crippen LogP contribution >= 0.6 is 9.39 Å². The first-order valence-electron chi connectivity index (χ1n) is 1.83. The van der Waals surface area contributed by atoms with Crippen LogP contribution in [-0.2, 0) is 0 Å². The van der Waals surface area contributed by atoms with Gasteiger partial charge in [0.05, 0.1) is 0 Å². The molecule has 0 amide bonds. The summed E-state index contributed by atoms with van der Waals surface area (Å²) in [6.45, 7) is 0. The van der Waals surface area contributed by atoms with Crippen molar-refractivity contribution < 1.29 is 0 Å². The Balaban J connectivity index is 0.0000000733. The van der Waals surface area contributed by atoms with E-state index in [0.717, 1.165) is 0 Å². The van der Waals surface area contributed by atoms with Crippen molar-refractivity contribution in [2.45, 2.75) is 19.3 Å². The molecule has 32 valence electrons. The summed E-state index contributed by atoms with van der Waals surface area (Å²) in [4.78, 5) is 0. The van der Waals surface area contributed by atoms with Crippen LogP contribution in [-0.4, -0.2) is 0 Å². The SMILES string of the molecule is C1CC1.NP. The van der Waals surface area contributed by atoms with Crippen LogP contribution in [0.4, 0.5) is 0 Å². The summed E-state index contributed by atoms with van der Waals surface area (Å²) < 4.78 is 0. The Morgan fingerprint density at radius 2 is 1.20 bits per heavy atom. The third-order valence-corrected chi connectivity index (χ3v) is 0.354. The standard InChI is InChI=1S/C3H6.H4NP/c1-2-3-1;1-2/h1-3H2;1-2H2. The Bertz CT molecular complexity index is 11.6. The summed E-state index contributed by atoms with van der Waals surface area (Å²) in [6, 6.07) is 0. The molecular weight excluding hydrogens is 81.0 g/mol. The monoisotopic (exact) mass is 91.1 g/mol. The van der Waals surface area contributed by atoms with Gasteiger partial charge in [-0.05, 0) is 0 Å². The summed E-state index contributed by atoms with van der Waals surface area (Å²) in [5.74, 6) is 0. The molecule has 1 unspecified atom stereocenters. The molecule has 0 spiro atoms. The highest BCUT2D eigenvalue weighted by molar-refractivity contribution is 7.13. The van der Waals surface area contributed by atoms with Crippen molar-refractivity contribution in [3.8, 4) is 0 Å².